The van der Waals surface area contributed by atoms with Crippen LogP contribution in [-0.2, 0) is 0 Å². The second-order valence-corrected chi connectivity index (χ2v) is 9.21. The molecular weight excluding hydrogens is 180 g/mol. The van der Waals surface area contributed by atoms with Gasteiger partial charge in [0.15, 0.2) is 11.5 Å². The van der Waals surface area contributed by atoms with Crippen LogP contribution in [0.1, 0.15) is 0 Å². The molecule has 0 aliphatic heterocycles. The molecule has 0 spiro atoms. The average molecular weight is 196 g/mol. The van der Waals surface area contributed by atoms with E-state index in [9.17, 15) is 5.11 Å². The Kier molecular flexibility index (Phi) is 2.66. The third-order valence-electron chi connectivity index (χ3n) is 2.05. The predicted octanol–water partition coefficient (Wildman–Crippen LogP) is 1.95. The Hall–Kier alpha value is -0.963. The van der Waals surface area contributed by atoms with E-state index >= 15 is 0 Å². The van der Waals surface area contributed by atoms with Gasteiger partial charge < -0.3 is 9.84 Å². The van der Waals surface area contributed by atoms with Crippen molar-refractivity contribution in [3.63, 3.8) is 0 Å². The van der Waals surface area contributed by atoms with Crippen LogP contribution >= 0.6 is 0 Å². The first-order valence-corrected chi connectivity index (χ1v) is 7.82. The maximum absolute atomic E-state index is 9.39. The molecule has 1 aromatic rings. The number of aromatic hydroxyl groups is 1. The zero-order chi connectivity index (χ0) is 10.1. The van der Waals surface area contributed by atoms with E-state index in [1.807, 2.05) is 12.1 Å². The molecule has 1 aromatic carbocycles. The molecule has 0 aromatic heterocycles. The van der Waals surface area contributed by atoms with Crippen molar-refractivity contribution >= 4 is 13.3 Å². The molecule has 0 radical (unpaired) electrons. The summed E-state index contributed by atoms with van der Waals surface area (Å²) in [5.41, 5.74) is 0. The fourth-order valence-corrected chi connectivity index (χ4v) is 2.29. The highest BCUT2D eigenvalue weighted by molar-refractivity contribution is 6.88. The average Bonchev–Trinajstić information content (AvgIpc) is 2.03. The van der Waals surface area contributed by atoms with Gasteiger partial charge in [0, 0.05) is 0 Å². The number of hydrogen-bond acceptors (Lipinski definition) is 2. The number of phenolic OH excluding ortho intramolecular Hbond substituents is 1. The first-order chi connectivity index (χ1) is 5.95. The quantitative estimate of drug-likeness (QED) is 0.733. The van der Waals surface area contributed by atoms with Gasteiger partial charge in [-0.2, -0.15) is 0 Å². The van der Waals surface area contributed by atoms with Crippen molar-refractivity contribution in [2.24, 2.45) is 0 Å². The molecule has 0 aliphatic carbocycles. The van der Waals surface area contributed by atoms with Crippen LogP contribution < -0.4 is 9.92 Å². The van der Waals surface area contributed by atoms with Crippen molar-refractivity contribution in [1.29, 1.82) is 0 Å². The molecule has 0 heterocycles. The summed E-state index contributed by atoms with van der Waals surface area (Å²) >= 11 is 0. The third kappa shape index (κ3) is 2.25. The molecule has 0 saturated heterocycles. The molecule has 0 saturated carbocycles. The van der Waals surface area contributed by atoms with Crippen molar-refractivity contribution < 1.29 is 9.84 Å². The van der Waals surface area contributed by atoms with Crippen LogP contribution in [0.3, 0.4) is 0 Å². The maximum atomic E-state index is 9.39. The highest BCUT2D eigenvalue weighted by Gasteiger charge is 2.17. The molecule has 0 aliphatic rings. The summed E-state index contributed by atoms with van der Waals surface area (Å²) in [6, 6.07) is 5.61. The van der Waals surface area contributed by atoms with Gasteiger partial charge in [0.25, 0.3) is 0 Å². The Bertz CT molecular complexity index is 302. The van der Waals surface area contributed by atoms with Gasteiger partial charge in [-0.15, -0.1) is 0 Å². The van der Waals surface area contributed by atoms with Crippen LogP contribution in [0.15, 0.2) is 18.2 Å². The van der Waals surface area contributed by atoms with Gasteiger partial charge in [-0.3, -0.25) is 0 Å². The molecule has 0 unspecified atom stereocenters. The minimum Gasteiger partial charge on any atom is -0.504 e. The summed E-state index contributed by atoms with van der Waals surface area (Å²) < 4.78 is 5.05. The fourth-order valence-electron chi connectivity index (χ4n) is 1.14. The van der Waals surface area contributed by atoms with Crippen LogP contribution in [0.2, 0.25) is 19.6 Å². The highest BCUT2D eigenvalue weighted by Crippen LogP contribution is 2.24. The third-order valence-corrected chi connectivity index (χ3v) is 4.09. The van der Waals surface area contributed by atoms with Crippen LogP contribution in [-0.4, -0.2) is 20.3 Å². The molecule has 0 atom stereocenters. The van der Waals surface area contributed by atoms with E-state index in [0.29, 0.717) is 5.75 Å². The standard InChI is InChI=1S/C10H16O2Si/c1-12-10-7-8(13(2,3)4)5-6-9(10)11/h5-7,11H,1-4H3. The first-order valence-electron chi connectivity index (χ1n) is 4.32. The molecule has 1 N–H and O–H groups in total. The maximum Gasteiger partial charge on any atom is 0.160 e. The number of phenols is 1. The molecule has 3 heteroatoms. The van der Waals surface area contributed by atoms with Crippen molar-refractivity contribution in [3.8, 4) is 11.5 Å². The Morgan fingerprint density at radius 1 is 1.23 bits per heavy atom. The lowest BCUT2D eigenvalue weighted by atomic mass is 10.3. The Morgan fingerprint density at radius 3 is 2.31 bits per heavy atom. The number of hydrogen-bond donors (Lipinski definition) is 1. The van der Waals surface area contributed by atoms with Crippen molar-refractivity contribution in [3.05, 3.63) is 18.2 Å². The Balaban J connectivity index is 3.14. The normalized spacial score (nSPS) is 11.4. The zero-order valence-electron chi connectivity index (χ0n) is 8.59. The van der Waals surface area contributed by atoms with Crippen LogP contribution in [0.5, 0.6) is 11.5 Å². The van der Waals surface area contributed by atoms with Gasteiger partial charge in [0.1, 0.15) is 0 Å². The van der Waals surface area contributed by atoms with E-state index in [1.165, 1.54) is 5.19 Å². The lowest BCUT2D eigenvalue weighted by molar-refractivity contribution is 0.374. The van der Waals surface area contributed by atoms with Crippen LogP contribution in [0, 0.1) is 0 Å². The number of benzene rings is 1. The van der Waals surface area contributed by atoms with Crippen LogP contribution in [0.25, 0.3) is 0 Å². The molecule has 0 amide bonds. The summed E-state index contributed by atoms with van der Waals surface area (Å²) in [4.78, 5) is 0. The molecule has 72 valence electrons. The predicted molar refractivity (Wildman–Crippen MR) is 57.6 cm³/mol. The largest absolute Gasteiger partial charge is 0.504 e. The summed E-state index contributed by atoms with van der Waals surface area (Å²) in [7, 11) is 0.277. The van der Waals surface area contributed by atoms with E-state index in [2.05, 4.69) is 19.6 Å². The molecule has 0 fully saturated rings. The number of rotatable bonds is 2. The molecule has 1 rings (SSSR count). The van der Waals surface area contributed by atoms with E-state index < -0.39 is 8.07 Å². The molecule has 0 bridgehead atoms. The number of methoxy groups -OCH3 is 1. The second kappa shape index (κ2) is 3.42. The lowest BCUT2D eigenvalue weighted by Crippen LogP contribution is -2.37. The summed E-state index contributed by atoms with van der Waals surface area (Å²) in [6.45, 7) is 6.79. The van der Waals surface area contributed by atoms with Gasteiger partial charge in [-0.1, -0.05) is 30.9 Å². The second-order valence-electron chi connectivity index (χ2n) is 4.14. The Morgan fingerprint density at radius 2 is 1.85 bits per heavy atom. The zero-order valence-corrected chi connectivity index (χ0v) is 9.59. The summed E-state index contributed by atoms with van der Waals surface area (Å²) in [5, 5.41) is 10.7. The van der Waals surface area contributed by atoms with Gasteiger partial charge in [0.2, 0.25) is 0 Å². The SMILES string of the molecule is COc1cc([Si](C)(C)C)ccc1O. The number of ether oxygens (including phenoxy) is 1. The topological polar surface area (TPSA) is 29.5 Å². The van der Waals surface area contributed by atoms with E-state index in [-0.39, 0.29) is 5.75 Å². The Labute approximate surface area is 80.2 Å². The van der Waals surface area contributed by atoms with Gasteiger partial charge in [-0.25, -0.2) is 0 Å². The van der Waals surface area contributed by atoms with Crippen molar-refractivity contribution in [1.82, 2.24) is 0 Å². The first kappa shape index (κ1) is 10.1. The van der Waals surface area contributed by atoms with Gasteiger partial charge in [-0.05, 0) is 12.1 Å². The summed E-state index contributed by atoms with van der Waals surface area (Å²) in [5.74, 6) is 0.782. The van der Waals surface area contributed by atoms with Crippen molar-refractivity contribution in [2.75, 3.05) is 7.11 Å². The van der Waals surface area contributed by atoms with E-state index in [4.69, 9.17) is 4.74 Å². The van der Waals surface area contributed by atoms with Gasteiger partial charge >= 0.3 is 0 Å². The highest BCUT2D eigenvalue weighted by atomic mass is 28.3. The van der Waals surface area contributed by atoms with E-state index in [1.54, 1.807) is 13.2 Å². The molecule has 2 nitrogen and oxygen atoms in total. The van der Waals surface area contributed by atoms with Crippen LogP contribution in [0.4, 0.5) is 0 Å². The smallest absolute Gasteiger partial charge is 0.160 e. The minimum atomic E-state index is -1.30. The minimum absolute atomic E-state index is 0.213. The van der Waals surface area contributed by atoms with Gasteiger partial charge in [0.05, 0.1) is 15.2 Å². The summed E-state index contributed by atoms with van der Waals surface area (Å²) in [6.07, 6.45) is 0. The fraction of sp³-hybridized carbons (Fsp3) is 0.400. The molecule has 13 heavy (non-hydrogen) atoms. The monoisotopic (exact) mass is 196 g/mol. The van der Waals surface area contributed by atoms with E-state index in [0.717, 1.165) is 0 Å². The molecular formula is C10H16O2Si. The van der Waals surface area contributed by atoms with Crippen molar-refractivity contribution in [2.45, 2.75) is 19.6 Å². The lowest BCUT2D eigenvalue weighted by Gasteiger charge is -2.17.